The van der Waals surface area contributed by atoms with E-state index in [0.29, 0.717) is 12.1 Å². The first kappa shape index (κ1) is 18.1. The first-order valence-electron chi connectivity index (χ1n) is 8.34. The second-order valence-electron chi connectivity index (χ2n) is 6.05. The van der Waals surface area contributed by atoms with Crippen LogP contribution >= 0.6 is 0 Å². The Morgan fingerprint density at radius 2 is 1.85 bits per heavy atom. The van der Waals surface area contributed by atoms with Gasteiger partial charge in [0.15, 0.2) is 0 Å². The molecule has 3 aromatic rings. The van der Waals surface area contributed by atoms with Gasteiger partial charge in [-0.05, 0) is 12.5 Å². The highest BCUT2D eigenvalue weighted by Gasteiger charge is 2.11. The lowest BCUT2D eigenvalue weighted by Gasteiger charge is -2.02. The number of rotatable bonds is 5. The molecule has 2 aromatic carbocycles. The van der Waals surface area contributed by atoms with E-state index >= 15 is 0 Å². The van der Waals surface area contributed by atoms with Crippen molar-refractivity contribution in [1.82, 2.24) is 15.2 Å². The third kappa shape index (κ3) is 4.66. The summed E-state index contributed by atoms with van der Waals surface area (Å²) in [6.45, 7) is 2.61. The number of aromatic nitrogens is 2. The van der Waals surface area contributed by atoms with E-state index in [4.69, 9.17) is 5.73 Å². The van der Waals surface area contributed by atoms with E-state index < -0.39 is 11.8 Å². The van der Waals surface area contributed by atoms with Gasteiger partial charge < -0.3 is 5.73 Å². The molecule has 0 unspecified atom stereocenters. The fraction of sp³-hybridized carbons (Fsp3) is 0.100. The Morgan fingerprint density at radius 3 is 2.52 bits per heavy atom. The van der Waals surface area contributed by atoms with Gasteiger partial charge in [0.05, 0.1) is 12.8 Å². The fourth-order valence-corrected chi connectivity index (χ4v) is 2.53. The van der Waals surface area contributed by atoms with Crippen LogP contribution in [0.3, 0.4) is 0 Å². The first-order chi connectivity index (χ1) is 13.0. The third-order valence-electron chi connectivity index (χ3n) is 3.90. The minimum Gasteiger partial charge on any atom is -0.361 e. The Kier molecular flexibility index (Phi) is 5.41. The number of benzene rings is 2. The number of hydrazone groups is 1. The number of hydrogen-bond donors (Lipinski definition) is 2. The van der Waals surface area contributed by atoms with Crippen LogP contribution in [0.1, 0.15) is 16.7 Å². The largest absolute Gasteiger partial charge is 0.361 e. The first-order valence-corrected chi connectivity index (χ1v) is 8.34. The van der Waals surface area contributed by atoms with Crippen LogP contribution in [0.15, 0.2) is 65.9 Å². The number of hydrogen-bond acceptors (Lipinski definition) is 4. The van der Waals surface area contributed by atoms with Crippen molar-refractivity contribution in [3.8, 4) is 11.3 Å². The van der Waals surface area contributed by atoms with Crippen LogP contribution in [0.5, 0.6) is 0 Å². The molecule has 27 heavy (non-hydrogen) atoms. The lowest BCUT2D eigenvalue weighted by atomic mass is 10.1. The molecule has 3 N–H and O–H groups in total. The van der Waals surface area contributed by atoms with Crippen molar-refractivity contribution in [2.24, 2.45) is 10.8 Å². The van der Waals surface area contributed by atoms with E-state index in [1.807, 2.05) is 72.4 Å². The van der Waals surface area contributed by atoms with Crippen molar-refractivity contribution < 1.29 is 9.59 Å². The predicted octanol–water partition coefficient (Wildman–Crippen LogP) is 1.84. The molecule has 7 nitrogen and oxygen atoms in total. The summed E-state index contributed by atoms with van der Waals surface area (Å²) in [7, 11) is 0. The summed E-state index contributed by atoms with van der Waals surface area (Å²) < 4.78 is 1.81. The summed E-state index contributed by atoms with van der Waals surface area (Å²) >= 11 is 0. The molecule has 1 aromatic heterocycles. The number of aryl methyl sites for hydroxylation is 1. The Bertz CT molecular complexity index is 975. The number of carbonyl (C=O) groups is 2. The second kappa shape index (κ2) is 8.09. The zero-order valence-electron chi connectivity index (χ0n) is 14.8. The molecule has 0 radical (unpaired) electrons. The molecule has 0 saturated carbocycles. The Hall–Kier alpha value is -3.74. The van der Waals surface area contributed by atoms with E-state index in [2.05, 4.69) is 15.6 Å². The highest BCUT2D eigenvalue weighted by molar-refractivity contribution is 6.34. The van der Waals surface area contributed by atoms with E-state index in [1.165, 1.54) is 6.21 Å². The Morgan fingerprint density at radius 1 is 1.15 bits per heavy atom. The summed E-state index contributed by atoms with van der Waals surface area (Å²) in [5.74, 6) is -2.06. The standard InChI is InChI=1S/C20H19N5O2/c1-14-7-9-16(10-8-14)18-17(11-22-23-20(27)19(21)26)13-25(24-18)12-15-5-3-2-4-6-15/h2-11,13H,12H2,1H3,(H2,21,26)(H,23,27)/b22-11-. The van der Waals surface area contributed by atoms with Crippen molar-refractivity contribution in [2.75, 3.05) is 0 Å². The molecule has 0 atom stereocenters. The Labute approximate surface area is 156 Å². The highest BCUT2D eigenvalue weighted by Crippen LogP contribution is 2.22. The van der Waals surface area contributed by atoms with Gasteiger partial charge in [0.25, 0.3) is 0 Å². The van der Waals surface area contributed by atoms with E-state index in [1.54, 1.807) is 0 Å². The van der Waals surface area contributed by atoms with Gasteiger partial charge in [-0.15, -0.1) is 0 Å². The molecule has 0 fully saturated rings. The van der Waals surface area contributed by atoms with Crippen molar-refractivity contribution in [3.63, 3.8) is 0 Å². The zero-order valence-corrected chi connectivity index (χ0v) is 14.8. The van der Waals surface area contributed by atoms with Gasteiger partial charge in [0.2, 0.25) is 0 Å². The zero-order chi connectivity index (χ0) is 19.2. The number of nitrogens with one attached hydrogen (secondary N) is 1. The van der Waals surface area contributed by atoms with E-state index in [9.17, 15) is 9.59 Å². The minimum atomic E-state index is -1.09. The van der Waals surface area contributed by atoms with Gasteiger partial charge in [0, 0.05) is 17.3 Å². The molecule has 7 heteroatoms. The number of nitrogens with zero attached hydrogens (tertiary/aromatic N) is 3. The predicted molar refractivity (Wildman–Crippen MR) is 103 cm³/mol. The van der Waals surface area contributed by atoms with Gasteiger partial charge in [-0.25, -0.2) is 5.43 Å². The molecule has 0 saturated heterocycles. The van der Waals surface area contributed by atoms with Crippen LogP contribution in [-0.2, 0) is 16.1 Å². The third-order valence-corrected chi connectivity index (χ3v) is 3.90. The molecule has 136 valence electrons. The van der Waals surface area contributed by atoms with Crippen molar-refractivity contribution >= 4 is 18.0 Å². The van der Waals surface area contributed by atoms with Gasteiger partial charge in [-0.2, -0.15) is 10.2 Å². The molecular formula is C20H19N5O2. The molecule has 1 heterocycles. The molecular weight excluding hydrogens is 342 g/mol. The van der Waals surface area contributed by atoms with Crippen molar-refractivity contribution in [1.29, 1.82) is 0 Å². The number of amides is 2. The molecule has 3 rings (SSSR count). The van der Waals surface area contributed by atoms with Gasteiger partial charge >= 0.3 is 11.8 Å². The highest BCUT2D eigenvalue weighted by atomic mass is 16.2. The van der Waals surface area contributed by atoms with Crippen LogP contribution in [0, 0.1) is 6.92 Å². The lowest BCUT2D eigenvalue weighted by molar-refractivity contribution is -0.137. The van der Waals surface area contributed by atoms with Crippen LogP contribution in [0.2, 0.25) is 0 Å². The number of primary amides is 1. The van der Waals surface area contributed by atoms with Crippen LogP contribution in [-0.4, -0.2) is 27.8 Å². The average molecular weight is 361 g/mol. The summed E-state index contributed by atoms with van der Waals surface area (Å²) in [6, 6.07) is 17.9. The van der Waals surface area contributed by atoms with Crippen LogP contribution < -0.4 is 11.2 Å². The molecule has 0 aliphatic carbocycles. The van der Waals surface area contributed by atoms with Gasteiger partial charge in [-0.3, -0.25) is 14.3 Å². The van der Waals surface area contributed by atoms with Gasteiger partial charge in [-0.1, -0.05) is 60.2 Å². The maximum atomic E-state index is 11.3. The van der Waals surface area contributed by atoms with Crippen molar-refractivity contribution in [3.05, 3.63) is 77.5 Å². The second-order valence-corrected chi connectivity index (χ2v) is 6.05. The lowest BCUT2D eigenvalue weighted by Crippen LogP contribution is -2.32. The minimum absolute atomic E-state index is 0.598. The number of carbonyl (C=O) groups excluding carboxylic acids is 2. The molecule has 0 aliphatic rings. The van der Waals surface area contributed by atoms with Crippen LogP contribution in [0.4, 0.5) is 0 Å². The quantitative estimate of drug-likeness (QED) is 0.412. The van der Waals surface area contributed by atoms with Gasteiger partial charge in [0.1, 0.15) is 5.69 Å². The molecule has 0 aliphatic heterocycles. The normalized spacial score (nSPS) is 10.9. The summed E-state index contributed by atoms with van der Waals surface area (Å²) in [6.07, 6.45) is 3.28. The summed E-state index contributed by atoms with van der Waals surface area (Å²) in [5, 5.41) is 8.47. The topological polar surface area (TPSA) is 102 Å². The number of nitrogens with two attached hydrogens (primary N) is 1. The average Bonchev–Trinajstić information content (AvgIpc) is 3.05. The van der Waals surface area contributed by atoms with E-state index in [-0.39, 0.29) is 0 Å². The SMILES string of the molecule is Cc1ccc(-c2nn(Cc3ccccc3)cc2/C=N\NC(=O)C(N)=O)cc1. The monoisotopic (exact) mass is 361 g/mol. The smallest absolute Gasteiger partial charge is 0.329 e. The molecule has 2 amide bonds. The Balaban J connectivity index is 1.91. The summed E-state index contributed by atoms with van der Waals surface area (Å²) in [5.41, 5.74) is 11.6. The summed E-state index contributed by atoms with van der Waals surface area (Å²) in [4.78, 5) is 22.0. The van der Waals surface area contributed by atoms with Crippen LogP contribution in [0.25, 0.3) is 11.3 Å². The molecule has 0 spiro atoms. The molecule has 0 bridgehead atoms. The van der Waals surface area contributed by atoms with E-state index in [0.717, 1.165) is 22.4 Å². The maximum absolute atomic E-state index is 11.3. The maximum Gasteiger partial charge on any atom is 0.329 e. The fourth-order valence-electron chi connectivity index (χ4n) is 2.53. The van der Waals surface area contributed by atoms with Crippen molar-refractivity contribution in [2.45, 2.75) is 13.5 Å².